The second-order valence-corrected chi connectivity index (χ2v) is 10.1. The first-order chi connectivity index (χ1) is 17.3. The SMILES string of the molecule is CCC1=NN=C(c2cc(C(=O)N3CCC(c4ccc(C#N)cc4)CC3)c(C)cc2C2CC(F)(F)C2)[B]1. The molecular weight excluding hydrogens is 457 g/mol. The number of piperidine rings is 1. The molecule has 183 valence electrons. The molecule has 8 heteroatoms. The van der Waals surface area contributed by atoms with Gasteiger partial charge in [-0.3, -0.25) is 4.79 Å². The molecule has 0 N–H and O–H groups in total. The summed E-state index contributed by atoms with van der Waals surface area (Å²) in [4.78, 5) is 15.5. The molecule has 1 saturated heterocycles. The van der Waals surface area contributed by atoms with Crippen LogP contribution in [0.5, 0.6) is 0 Å². The van der Waals surface area contributed by atoms with Gasteiger partial charge in [-0.1, -0.05) is 25.1 Å². The molecule has 0 atom stereocenters. The third-order valence-corrected chi connectivity index (χ3v) is 7.68. The van der Waals surface area contributed by atoms with Crippen molar-refractivity contribution in [1.82, 2.24) is 4.90 Å². The van der Waals surface area contributed by atoms with Gasteiger partial charge < -0.3 is 4.90 Å². The maximum atomic E-state index is 13.7. The molecule has 2 aromatic rings. The van der Waals surface area contributed by atoms with Gasteiger partial charge >= 0.3 is 0 Å². The molecule has 2 aliphatic heterocycles. The Morgan fingerprint density at radius 1 is 1.14 bits per heavy atom. The number of alkyl halides is 2. The summed E-state index contributed by atoms with van der Waals surface area (Å²) in [6.45, 7) is 5.16. The molecule has 1 aliphatic carbocycles. The first kappa shape index (κ1) is 24.4. The summed E-state index contributed by atoms with van der Waals surface area (Å²) in [6.07, 6.45) is 2.09. The number of benzene rings is 2. The van der Waals surface area contributed by atoms with E-state index in [2.05, 4.69) is 16.3 Å². The fourth-order valence-corrected chi connectivity index (χ4v) is 5.46. The molecule has 5 rings (SSSR count). The van der Waals surface area contributed by atoms with E-state index in [0.29, 0.717) is 35.7 Å². The number of nitriles is 1. The summed E-state index contributed by atoms with van der Waals surface area (Å²) in [5.74, 6) is -2.56. The van der Waals surface area contributed by atoms with Crippen LogP contribution < -0.4 is 0 Å². The van der Waals surface area contributed by atoms with E-state index in [-0.39, 0.29) is 24.7 Å². The van der Waals surface area contributed by atoms with Crippen LogP contribution in [0.2, 0.25) is 0 Å². The highest BCUT2D eigenvalue weighted by molar-refractivity contribution is 7.02. The van der Waals surface area contributed by atoms with Crippen LogP contribution in [-0.2, 0) is 0 Å². The predicted molar refractivity (Wildman–Crippen MR) is 137 cm³/mol. The fourth-order valence-electron chi connectivity index (χ4n) is 5.46. The molecule has 3 aliphatic rings. The van der Waals surface area contributed by atoms with Gasteiger partial charge in [0.2, 0.25) is 13.2 Å². The lowest BCUT2D eigenvalue weighted by Gasteiger charge is -2.37. The number of amides is 1. The molecule has 2 fully saturated rings. The number of rotatable bonds is 5. The molecule has 2 aromatic carbocycles. The van der Waals surface area contributed by atoms with Gasteiger partial charge in [-0.05, 0) is 78.5 Å². The molecule has 0 bridgehead atoms. The topological polar surface area (TPSA) is 68.8 Å². The number of carbonyl (C=O) groups excluding carboxylic acids is 1. The predicted octanol–water partition coefficient (Wildman–Crippen LogP) is 5.59. The number of hydrogen-bond acceptors (Lipinski definition) is 4. The highest BCUT2D eigenvalue weighted by atomic mass is 19.3. The van der Waals surface area contributed by atoms with Crippen LogP contribution in [-0.4, -0.2) is 48.3 Å². The van der Waals surface area contributed by atoms with Gasteiger partial charge in [0.25, 0.3) is 5.91 Å². The lowest BCUT2D eigenvalue weighted by Crippen LogP contribution is -2.38. The van der Waals surface area contributed by atoms with E-state index in [0.717, 1.165) is 41.6 Å². The number of likely N-dealkylation sites (tertiary alicyclic amines) is 1. The Kier molecular flexibility index (Phi) is 6.50. The minimum absolute atomic E-state index is 0.0345. The molecule has 0 aromatic heterocycles. The van der Waals surface area contributed by atoms with Crippen molar-refractivity contribution in [3.05, 3.63) is 69.8 Å². The van der Waals surface area contributed by atoms with Crippen molar-refractivity contribution in [2.75, 3.05) is 13.1 Å². The van der Waals surface area contributed by atoms with Gasteiger partial charge in [-0.15, -0.1) is 0 Å². The van der Waals surface area contributed by atoms with Crippen molar-refractivity contribution < 1.29 is 13.6 Å². The highest BCUT2D eigenvalue weighted by Crippen LogP contribution is 2.49. The quantitative estimate of drug-likeness (QED) is 0.519. The average Bonchev–Trinajstić information content (AvgIpc) is 3.36. The molecule has 0 spiro atoms. The summed E-state index contributed by atoms with van der Waals surface area (Å²) >= 11 is 0. The van der Waals surface area contributed by atoms with E-state index >= 15 is 0 Å². The highest BCUT2D eigenvalue weighted by Gasteiger charge is 2.47. The number of carbonyl (C=O) groups is 1. The third-order valence-electron chi connectivity index (χ3n) is 7.68. The van der Waals surface area contributed by atoms with Gasteiger partial charge in [0, 0.05) is 42.7 Å². The summed E-state index contributed by atoms with van der Waals surface area (Å²) in [5, 5.41) is 17.5. The lowest BCUT2D eigenvalue weighted by molar-refractivity contribution is -0.0867. The van der Waals surface area contributed by atoms with Crippen LogP contribution in [0.1, 0.15) is 89.0 Å². The van der Waals surface area contributed by atoms with Crippen molar-refractivity contribution in [1.29, 1.82) is 5.26 Å². The number of hydrogen-bond donors (Lipinski definition) is 0. The Labute approximate surface area is 211 Å². The molecule has 5 nitrogen and oxygen atoms in total. The van der Waals surface area contributed by atoms with Gasteiger partial charge in [0.1, 0.15) is 0 Å². The van der Waals surface area contributed by atoms with Crippen LogP contribution in [0.3, 0.4) is 0 Å². The first-order valence-corrected chi connectivity index (χ1v) is 12.6. The lowest BCUT2D eigenvalue weighted by atomic mass is 9.62. The molecule has 1 saturated carbocycles. The first-order valence-electron chi connectivity index (χ1n) is 12.6. The molecule has 1 radical (unpaired) electrons. The Hall–Kier alpha value is -3.34. The minimum Gasteiger partial charge on any atom is -0.339 e. The smallest absolute Gasteiger partial charge is 0.254 e. The van der Waals surface area contributed by atoms with Crippen molar-refractivity contribution in [3.63, 3.8) is 0 Å². The Morgan fingerprint density at radius 2 is 1.83 bits per heavy atom. The van der Waals surface area contributed by atoms with E-state index in [9.17, 15) is 13.6 Å². The molecule has 36 heavy (non-hydrogen) atoms. The normalized spacial score (nSPS) is 19.7. The van der Waals surface area contributed by atoms with Gasteiger partial charge in [-0.25, -0.2) is 8.78 Å². The summed E-state index contributed by atoms with van der Waals surface area (Å²) in [7, 11) is 1.89. The van der Waals surface area contributed by atoms with Crippen LogP contribution >= 0.6 is 0 Å². The number of nitrogens with zero attached hydrogens (tertiary/aromatic N) is 4. The summed E-state index contributed by atoms with van der Waals surface area (Å²) in [5.41, 5.74) is 6.30. The Bertz CT molecular complexity index is 1280. The average molecular weight is 485 g/mol. The van der Waals surface area contributed by atoms with E-state index in [4.69, 9.17) is 5.26 Å². The Morgan fingerprint density at radius 3 is 2.42 bits per heavy atom. The van der Waals surface area contributed by atoms with Crippen LogP contribution in [0.15, 0.2) is 46.6 Å². The largest absolute Gasteiger partial charge is 0.339 e. The second-order valence-electron chi connectivity index (χ2n) is 10.1. The number of halogens is 2. The minimum atomic E-state index is -2.63. The van der Waals surface area contributed by atoms with Crippen LogP contribution in [0, 0.1) is 18.3 Å². The van der Waals surface area contributed by atoms with E-state index in [1.165, 1.54) is 5.56 Å². The zero-order chi connectivity index (χ0) is 25.4. The van der Waals surface area contributed by atoms with Crippen LogP contribution in [0.25, 0.3) is 0 Å². The maximum absolute atomic E-state index is 13.7. The van der Waals surface area contributed by atoms with Crippen molar-refractivity contribution in [3.8, 4) is 6.07 Å². The summed E-state index contributed by atoms with van der Waals surface area (Å²) < 4.78 is 27.4. The van der Waals surface area contributed by atoms with Gasteiger partial charge in [-0.2, -0.15) is 15.5 Å². The maximum Gasteiger partial charge on any atom is 0.254 e. The zero-order valence-corrected chi connectivity index (χ0v) is 20.6. The van der Waals surface area contributed by atoms with Gasteiger partial charge in [0.05, 0.1) is 11.6 Å². The molecular formula is C28H28BF2N4O. The van der Waals surface area contributed by atoms with Crippen molar-refractivity contribution >= 4 is 24.4 Å². The van der Waals surface area contributed by atoms with Crippen LogP contribution in [0.4, 0.5) is 8.78 Å². The van der Waals surface area contributed by atoms with E-state index < -0.39 is 5.92 Å². The Balaban J connectivity index is 1.36. The molecule has 1 amide bonds. The summed E-state index contributed by atoms with van der Waals surface area (Å²) in [6, 6.07) is 13.6. The van der Waals surface area contributed by atoms with Gasteiger partial charge in [0.15, 0.2) is 0 Å². The van der Waals surface area contributed by atoms with E-state index in [1.807, 2.05) is 62.4 Å². The fraction of sp³-hybridized carbons (Fsp3) is 0.429. The molecule has 0 unspecified atom stereocenters. The number of aryl methyl sites for hydroxylation is 1. The monoisotopic (exact) mass is 485 g/mol. The van der Waals surface area contributed by atoms with E-state index in [1.54, 1.807) is 0 Å². The standard InChI is InChI=1S/C28H28BF2N4O/c1-3-25-29-26(34-33-25)24-13-22(17(2)12-23(24)21-14-28(30,31)15-21)27(36)35-10-8-20(9-11-35)19-6-4-18(16-32)5-7-19/h4-7,12-13,20-21H,3,8-11,14-15H2,1-2H3. The van der Waals surface area contributed by atoms with Crippen molar-refractivity contribution in [2.45, 2.75) is 63.7 Å². The van der Waals surface area contributed by atoms with Crippen molar-refractivity contribution in [2.24, 2.45) is 10.2 Å². The molecule has 2 heterocycles. The second kappa shape index (κ2) is 9.61. The third kappa shape index (κ3) is 4.71. The zero-order valence-electron chi connectivity index (χ0n) is 20.6.